The molecule has 0 aliphatic heterocycles. The van der Waals surface area contributed by atoms with Crippen molar-refractivity contribution in [2.75, 3.05) is 18.8 Å². The van der Waals surface area contributed by atoms with Crippen molar-refractivity contribution in [3.63, 3.8) is 0 Å². The Morgan fingerprint density at radius 3 is 0.837 bits per heavy atom. The normalized spacial score (nSPS) is 16.1. The van der Waals surface area contributed by atoms with Crippen LogP contribution in [0.1, 0.15) is 187 Å². The fourth-order valence-corrected chi connectivity index (χ4v) is 11.8. The number of hydrogen-bond acceptors (Lipinski definition) is 27. The summed E-state index contributed by atoms with van der Waals surface area (Å²) in [4.78, 5) is 279. The average molecular weight is 1780 g/mol. The van der Waals surface area contributed by atoms with Crippen LogP contribution in [0.5, 0.6) is 0 Å². The lowest BCUT2D eigenvalue weighted by Gasteiger charge is -2.31. The Hall–Kier alpha value is -11.0. The molecule has 16 amide bonds. The van der Waals surface area contributed by atoms with Crippen molar-refractivity contribution in [1.82, 2.24) is 85.1 Å². The Kier molecular flexibility index (Phi) is 51.6. The topological polar surface area (TPSA) is 765 Å². The van der Waals surface area contributed by atoms with E-state index < -0.39 is 321 Å². The molecule has 698 valence electrons. The summed E-state index contributed by atoms with van der Waals surface area (Å²) >= 11 is 3.85. The van der Waals surface area contributed by atoms with Crippen LogP contribution in [0.3, 0.4) is 0 Å². The van der Waals surface area contributed by atoms with Gasteiger partial charge in [0.25, 0.3) is 0 Å². The van der Waals surface area contributed by atoms with Gasteiger partial charge < -0.3 is 137 Å². The van der Waals surface area contributed by atoms with Crippen LogP contribution < -0.4 is 96.5 Å². The third-order valence-electron chi connectivity index (χ3n) is 18.9. The predicted octanol–water partition coefficient (Wildman–Crippen LogP) is -7.70. The maximum Gasteiger partial charge on any atom is 0.327 e. The zero-order valence-corrected chi connectivity index (χ0v) is 72.4. The van der Waals surface area contributed by atoms with Crippen LogP contribution in [0.25, 0.3) is 0 Å². The predicted molar refractivity (Wildman–Crippen MR) is 437 cm³/mol. The SMILES string of the molecule is CC[C@H](C)[C@H](NC(=O)[C@@H](NC(=O)[C@H](CCC(=O)O)NC(=O)[C@@H](NC(=O)[C@H](CC(C)C)NC(=O)[C@H](C)NC(=O)[C@H](CCCCN)NC(=O)[C@@H](NC(=O)CN)[C@@H](C)O)[C@@H](C)O)C(C)C)C(=O)N[C@@H](C)C(=O)N[C@@H](CC(C)C)C(=O)N[C@H](C(=O)N[C@@H](CCC(=O)O)C(=O)N[C@@H](CCC(=O)O)C(=O)N[C@@H](C)C(=O)N[C@@H](CCC(=O)O)C(=O)N[C@@H](CS)C(=O)O)[C@@H](C)O. The standard InChI is InChI=1S/C75H128N18O29S/c1-15-35(8)56(91-70(116)55(34(6)7)90-67(113)46(22-26-54(104)105)85-74(120)59(41(14)96)93-68(114)47(28-32(2)3)86-61(107)37(10)78-63(109)42(18-16-17-27-76)83-72(118)57(39(12)94)89-50(97)30-77)71(117)80-38(11)62(108)87-48(29-33(4)5)69(115)92-58(40(13)95)73(119)84-45(21-25-53(102)103)65(111)82-43(19-23-51(98)99)64(110)79-36(9)60(106)81-44(20-24-52(100)101)66(112)88-49(31-123)75(121)122/h32-49,55-59,94-96,123H,15-31,76-77H2,1-14H3,(H,78,109)(H,79,110)(H,80,117)(H,81,106)(H,82,111)(H,83,118)(H,84,119)(H,85,120)(H,86,107)(H,87,108)(H,88,112)(H,89,97)(H,90,113)(H,91,116)(H,92,115)(H,93,114)(H,98,99)(H,100,101)(H,102,103)(H,104,105)(H,121,122)/t35-,36-,37-,38-,39+,40+,41+,42-,43-,44-,45-,46-,47-,48-,49-,55-,56-,57-,58-,59-/m0/s1. The monoisotopic (exact) mass is 1780 g/mol. The van der Waals surface area contributed by atoms with Crippen LogP contribution in [0.4, 0.5) is 0 Å². The Morgan fingerprint density at radius 1 is 0.293 bits per heavy atom. The lowest BCUT2D eigenvalue weighted by atomic mass is 9.96. The van der Waals surface area contributed by atoms with Gasteiger partial charge in [0.15, 0.2) is 0 Å². The van der Waals surface area contributed by atoms with Crippen LogP contribution in [0.15, 0.2) is 0 Å². The molecule has 0 aromatic carbocycles. The third kappa shape index (κ3) is 42.6. The van der Waals surface area contributed by atoms with Crippen LogP contribution in [-0.2, 0) is 101 Å². The number of nitrogens with two attached hydrogens (primary N) is 2. The zero-order valence-electron chi connectivity index (χ0n) is 71.6. The van der Waals surface area contributed by atoms with Crippen LogP contribution in [-0.4, -0.2) is 299 Å². The highest BCUT2D eigenvalue weighted by Gasteiger charge is 2.41. The lowest BCUT2D eigenvalue weighted by Crippen LogP contribution is -2.63. The minimum absolute atomic E-state index is 0.0131. The molecule has 0 heterocycles. The largest absolute Gasteiger partial charge is 0.481 e. The summed E-state index contributed by atoms with van der Waals surface area (Å²) in [6.45, 7) is 19.2. The average Bonchev–Trinajstić information content (AvgIpc) is 0.845. The minimum Gasteiger partial charge on any atom is -0.481 e. The van der Waals surface area contributed by atoms with Gasteiger partial charge in [-0.15, -0.1) is 0 Å². The number of carboxylic acids is 5. The van der Waals surface area contributed by atoms with Gasteiger partial charge in [-0.1, -0.05) is 61.8 Å². The van der Waals surface area contributed by atoms with E-state index in [4.69, 9.17) is 11.5 Å². The van der Waals surface area contributed by atoms with Crippen LogP contribution in [0.2, 0.25) is 0 Å². The number of nitrogens with one attached hydrogen (secondary N) is 16. The van der Waals surface area contributed by atoms with Gasteiger partial charge in [-0.05, 0) is 130 Å². The van der Waals surface area contributed by atoms with E-state index in [1.165, 1.54) is 34.6 Å². The van der Waals surface area contributed by atoms with E-state index in [2.05, 4.69) is 97.7 Å². The third-order valence-corrected chi connectivity index (χ3v) is 19.2. The van der Waals surface area contributed by atoms with Gasteiger partial charge in [-0.25, -0.2) is 4.79 Å². The molecule has 28 N–H and O–H groups in total. The molecule has 0 spiro atoms. The molecule has 0 aliphatic carbocycles. The number of thiol groups is 1. The molecule has 0 aromatic heterocycles. The Bertz CT molecular complexity index is 3650. The van der Waals surface area contributed by atoms with Gasteiger partial charge in [0.2, 0.25) is 94.5 Å². The number of amides is 16. The second-order valence-electron chi connectivity index (χ2n) is 31.0. The molecule has 48 heteroatoms. The van der Waals surface area contributed by atoms with E-state index in [1.54, 1.807) is 41.5 Å². The second-order valence-corrected chi connectivity index (χ2v) is 31.4. The van der Waals surface area contributed by atoms with Crippen molar-refractivity contribution in [3.05, 3.63) is 0 Å². The van der Waals surface area contributed by atoms with E-state index in [0.717, 1.165) is 20.8 Å². The highest BCUT2D eigenvalue weighted by Crippen LogP contribution is 2.16. The van der Waals surface area contributed by atoms with Gasteiger partial charge in [0, 0.05) is 31.4 Å². The Balaban J connectivity index is 6.87. The van der Waals surface area contributed by atoms with Crippen molar-refractivity contribution >= 4 is 137 Å². The van der Waals surface area contributed by atoms with Crippen molar-refractivity contribution in [2.45, 2.75) is 302 Å². The van der Waals surface area contributed by atoms with Gasteiger partial charge in [-0.2, -0.15) is 12.6 Å². The molecule has 0 rings (SSSR count). The zero-order chi connectivity index (χ0) is 94.7. The molecule has 123 heavy (non-hydrogen) atoms. The van der Waals surface area contributed by atoms with Crippen LogP contribution >= 0.6 is 12.6 Å². The number of carboxylic acid groups (broad SMARTS) is 5. The van der Waals surface area contributed by atoms with Gasteiger partial charge in [0.05, 0.1) is 24.9 Å². The summed E-state index contributed by atoms with van der Waals surface area (Å²) in [5, 5.41) is 117. The fraction of sp³-hybridized carbons (Fsp3) is 0.720. The molecule has 0 saturated heterocycles. The Labute approximate surface area is 716 Å². The molecular weight excluding hydrogens is 1650 g/mol. The maximum atomic E-state index is 14.4. The highest BCUT2D eigenvalue weighted by molar-refractivity contribution is 7.80. The number of rotatable bonds is 60. The molecule has 0 bridgehead atoms. The van der Waals surface area contributed by atoms with Crippen molar-refractivity contribution < 1.29 is 142 Å². The van der Waals surface area contributed by atoms with Gasteiger partial charge in [0.1, 0.15) is 96.7 Å². The summed E-state index contributed by atoms with van der Waals surface area (Å²) in [7, 11) is 0. The number of carbonyl (C=O) groups is 21. The Morgan fingerprint density at radius 2 is 0.545 bits per heavy atom. The number of aliphatic hydroxyl groups is 3. The minimum atomic E-state index is -2.03. The highest BCUT2D eigenvalue weighted by atomic mass is 32.1. The first kappa shape index (κ1) is 112. The first-order chi connectivity index (χ1) is 57.2. The molecule has 0 saturated carbocycles. The first-order valence-electron chi connectivity index (χ1n) is 40.2. The van der Waals surface area contributed by atoms with Crippen molar-refractivity contribution in [1.29, 1.82) is 0 Å². The second kappa shape index (κ2) is 56.6. The number of carbonyl (C=O) groups excluding carboxylic acids is 16. The molecule has 47 nitrogen and oxygen atoms in total. The summed E-state index contributed by atoms with van der Waals surface area (Å²) < 4.78 is 0. The molecule has 0 fully saturated rings. The van der Waals surface area contributed by atoms with Gasteiger partial charge >= 0.3 is 29.8 Å². The summed E-state index contributed by atoms with van der Waals surface area (Å²) in [5.41, 5.74) is 11.0. The van der Waals surface area contributed by atoms with E-state index in [1.807, 2.05) is 0 Å². The summed E-state index contributed by atoms with van der Waals surface area (Å²) in [6, 6.07) is -26.6. The molecule has 20 atom stereocenters. The molecule has 0 aliphatic rings. The van der Waals surface area contributed by atoms with E-state index in [9.17, 15) is 142 Å². The molecule has 0 aromatic rings. The molecular formula is C75H128N18O29S. The fourth-order valence-electron chi connectivity index (χ4n) is 11.5. The lowest BCUT2D eigenvalue weighted by molar-refractivity contribution is -0.142. The summed E-state index contributed by atoms with van der Waals surface area (Å²) in [5.74, 6) is -27.7. The molecule has 0 unspecified atom stereocenters. The number of aliphatic carboxylic acids is 5. The van der Waals surface area contributed by atoms with Gasteiger partial charge in [-0.3, -0.25) is 95.9 Å². The molecule has 0 radical (unpaired) electrons. The van der Waals surface area contributed by atoms with Crippen molar-refractivity contribution in [2.24, 2.45) is 35.1 Å². The van der Waals surface area contributed by atoms with Crippen molar-refractivity contribution in [3.8, 4) is 0 Å². The van der Waals surface area contributed by atoms with E-state index in [0.29, 0.717) is 12.8 Å². The van der Waals surface area contributed by atoms with E-state index >= 15 is 0 Å². The quantitative estimate of drug-likeness (QED) is 0.0199. The van der Waals surface area contributed by atoms with E-state index in [-0.39, 0.29) is 38.1 Å². The number of unbranched alkanes of at least 4 members (excludes halogenated alkanes) is 1. The summed E-state index contributed by atoms with van der Waals surface area (Å²) in [6.07, 6.45) is -10.4. The number of aliphatic hydroxyl groups excluding tert-OH is 3. The smallest absolute Gasteiger partial charge is 0.327 e. The van der Waals surface area contributed by atoms with Crippen LogP contribution in [0, 0.1) is 23.7 Å². The first-order valence-corrected chi connectivity index (χ1v) is 40.8. The maximum absolute atomic E-state index is 14.4. The number of hydrogen-bond donors (Lipinski definition) is 27.